The number of carbonyl (C=O) groups is 1. The van der Waals surface area contributed by atoms with Gasteiger partial charge in [0.1, 0.15) is 11.1 Å². The van der Waals surface area contributed by atoms with Gasteiger partial charge in [0.15, 0.2) is 5.78 Å². The molecule has 1 rings (SSSR count). The largest absolute Gasteiger partial charge is 0.434 e. The molecule has 1 atom stereocenters. The molecular weight excluding hydrogens is 240 g/mol. The van der Waals surface area contributed by atoms with Crippen LogP contribution in [0.5, 0.6) is 5.75 Å². The first-order valence-corrected chi connectivity index (χ1v) is 4.84. The number of ether oxygens (including phenoxy) is 1. The molecule has 0 saturated carbocycles. The van der Waals surface area contributed by atoms with Crippen molar-refractivity contribution in [3.8, 4) is 5.75 Å². The van der Waals surface area contributed by atoms with Crippen molar-refractivity contribution in [1.29, 1.82) is 0 Å². The van der Waals surface area contributed by atoms with Crippen LogP contribution in [0, 0.1) is 0 Å². The number of halogens is 3. The lowest BCUT2D eigenvalue weighted by atomic mass is 10.1. The molecule has 0 radical (unpaired) electrons. The highest BCUT2D eigenvalue weighted by atomic mass is 35.5. The first-order valence-electron chi connectivity index (χ1n) is 4.40. The minimum absolute atomic E-state index is 0.139. The monoisotopic (exact) mass is 249 g/mol. The van der Waals surface area contributed by atoms with Crippen molar-refractivity contribution in [1.82, 2.24) is 0 Å². The molecule has 3 nitrogen and oxygen atoms in total. The molecule has 0 amide bonds. The van der Waals surface area contributed by atoms with E-state index in [-0.39, 0.29) is 17.1 Å². The van der Waals surface area contributed by atoms with E-state index >= 15 is 0 Å². The minimum atomic E-state index is -2.97. The van der Waals surface area contributed by atoms with Crippen LogP contribution >= 0.6 is 11.6 Å². The number of anilines is 1. The van der Waals surface area contributed by atoms with Crippen molar-refractivity contribution >= 4 is 23.1 Å². The molecule has 2 N–H and O–H groups in total. The van der Waals surface area contributed by atoms with Gasteiger partial charge in [-0.3, -0.25) is 4.79 Å². The van der Waals surface area contributed by atoms with E-state index in [1.165, 1.54) is 25.1 Å². The van der Waals surface area contributed by atoms with E-state index in [0.717, 1.165) is 0 Å². The number of Topliss-reactive ketones (excluding diaryl/α,β-unsaturated/α-hetero) is 1. The lowest BCUT2D eigenvalue weighted by Crippen LogP contribution is -2.09. The van der Waals surface area contributed by atoms with Gasteiger partial charge in [-0.05, 0) is 25.1 Å². The van der Waals surface area contributed by atoms with Crippen LogP contribution in [0.3, 0.4) is 0 Å². The van der Waals surface area contributed by atoms with E-state index < -0.39 is 12.0 Å². The highest BCUT2D eigenvalue weighted by molar-refractivity contribution is 6.31. The molecule has 16 heavy (non-hydrogen) atoms. The number of nitrogen functional groups attached to an aromatic ring is 1. The van der Waals surface area contributed by atoms with Gasteiger partial charge in [0.25, 0.3) is 0 Å². The molecule has 0 heterocycles. The third-order valence-electron chi connectivity index (χ3n) is 1.88. The minimum Gasteiger partial charge on any atom is -0.434 e. The van der Waals surface area contributed by atoms with Crippen LogP contribution in [0.15, 0.2) is 18.2 Å². The summed E-state index contributed by atoms with van der Waals surface area (Å²) in [6.45, 7) is -1.72. The van der Waals surface area contributed by atoms with Gasteiger partial charge in [-0.25, -0.2) is 0 Å². The molecule has 1 unspecified atom stereocenters. The fourth-order valence-electron chi connectivity index (χ4n) is 1.19. The Morgan fingerprint density at radius 2 is 2.12 bits per heavy atom. The molecule has 0 aliphatic carbocycles. The quantitative estimate of drug-likeness (QED) is 0.659. The lowest BCUT2D eigenvalue weighted by molar-refractivity contribution is -0.116. The lowest BCUT2D eigenvalue weighted by Gasteiger charge is -2.13. The van der Waals surface area contributed by atoms with Gasteiger partial charge in [-0.15, -0.1) is 11.6 Å². The fraction of sp³-hybridized carbons (Fsp3) is 0.300. The molecule has 0 bridgehead atoms. The smallest absolute Gasteiger partial charge is 0.387 e. The van der Waals surface area contributed by atoms with E-state index in [1.54, 1.807) is 0 Å². The zero-order chi connectivity index (χ0) is 12.3. The van der Waals surface area contributed by atoms with Crippen molar-refractivity contribution in [2.45, 2.75) is 18.9 Å². The number of rotatable bonds is 4. The molecule has 0 aliphatic heterocycles. The number of hydrogen-bond donors (Lipinski definition) is 1. The zero-order valence-electron chi connectivity index (χ0n) is 8.41. The summed E-state index contributed by atoms with van der Waals surface area (Å²) in [6.07, 6.45) is 0. The van der Waals surface area contributed by atoms with Gasteiger partial charge >= 0.3 is 6.61 Å². The fourth-order valence-corrected chi connectivity index (χ4v) is 1.36. The maximum atomic E-state index is 12.1. The summed E-state index contributed by atoms with van der Waals surface area (Å²) in [6, 6.07) is 4.00. The second kappa shape index (κ2) is 5.12. The first kappa shape index (κ1) is 12.7. The van der Waals surface area contributed by atoms with Gasteiger partial charge < -0.3 is 10.5 Å². The molecule has 1 aromatic carbocycles. The predicted octanol–water partition coefficient (Wildman–Crippen LogP) is 2.74. The van der Waals surface area contributed by atoms with Gasteiger partial charge in [0, 0.05) is 11.3 Å². The van der Waals surface area contributed by atoms with Crippen LogP contribution in [0.4, 0.5) is 14.5 Å². The normalized spacial score (nSPS) is 12.6. The van der Waals surface area contributed by atoms with E-state index in [9.17, 15) is 13.6 Å². The Hall–Kier alpha value is -1.36. The highest BCUT2D eigenvalue weighted by Crippen LogP contribution is 2.33. The Labute approximate surface area is 96.1 Å². The number of ketones is 1. The summed E-state index contributed by atoms with van der Waals surface area (Å²) in [5.41, 5.74) is 5.95. The molecule has 0 saturated heterocycles. The van der Waals surface area contributed by atoms with Crippen LogP contribution in [0.2, 0.25) is 0 Å². The molecule has 6 heteroatoms. The molecular formula is C10H10ClF2NO2. The SMILES string of the molecule is CC(=O)C(Cl)c1cc(N)ccc1OC(F)F. The molecule has 0 aliphatic rings. The Balaban J connectivity index is 3.12. The van der Waals surface area contributed by atoms with Crippen LogP contribution in [0.1, 0.15) is 17.9 Å². The van der Waals surface area contributed by atoms with Crippen LogP contribution < -0.4 is 10.5 Å². The average Bonchev–Trinajstić information content (AvgIpc) is 2.18. The van der Waals surface area contributed by atoms with Crippen LogP contribution in [-0.2, 0) is 4.79 Å². The number of carbonyl (C=O) groups excluding carboxylic acids is 1. The van der Waals surface area contributed by atoms with Crippen molar-refractivity contribution < 1.29 is 18.3 Å². The molecule has 88 valence electrons. The summed E-state index contributed by atoms with van der Waals surface area (Å²) >= 11 is 5.77. The van der Waals surface area contributed by atoms with E-state index in [2.05, 4.69) is 4.74 Å². The van der Waals surface area contributed by atoms with E-state index in [0.29, 0.717) is 5.69 Å². The standard InChI is InChI=1S/C10H10ClF2NO2/c1-5(15)9(11)7-4-6(14)2-3-8(7)16-10(12)13/h2-4,9-10H,14H2,1H3. The van der Waals surface area contributed by atoms with Gasteiger partial charge in [-0.1, -0.05) is 0 Å². The molecule has 0 aromatic heterocycles. The number of alkyl halides is 3. The van der Waals surface area contributed by atoms with E-state index in [4.69, 9.17) is 17.3 Å². The molecule has 0 spiro atoms. The van der Waals surface area contributed by atoms with Crippen molar-refractivity contribution in [3.05, 3.63) is 23.8 Å². The zero-order valence-corrected chi connectivity index (χ0v) is 9.17. The third-order valence-corrected chi connectivity index (χ3v) is 2.42. The molecule has 0 fully saturated rings. The Morgan fingerprint density at radius 3 is 2.62 bits per heavy atom. The number of benzene rings is 1. The Bertz CT molecular complexity index is 398. The van der Waals surface area contributed by atoms with Crippen LogP contribution in [0.25, 0.3) is 0 Å². The van der Waals surface area contributed by atoms with Crippen molar-refractivity contribution in [2.75, 3.05) is 5.73 Å². The predicted molar refractivity (Wildman–Crippen MR) is 56.8 cm³/mol. The number of hydrogen-bond acceptors (Lipinski definition) is 3. The maximum Gasteiger partial charge on any atom is 0.387 e. The second-order valence-electron chi connectivity index (χ2n) is 3.15. The van der Waals surface area contributed by atoms with Crippen LogP contribution in [-0.4, -0.2) is 12.4 Å². The number of nitrogens with two attached hydrogens (primary N) is 1. The second-order valence-corrected chi connectivity index (χ2v) is 3.59. The third kappa shape index (κ3) is 3.06. The molecule has 1 aromatic rings. The van der Waals surface area contributed by atoms with Crippen molar-refractivity contribution in [3.63, 3.8) is 0 Å². The Morgan fingerprint density at radius 1 is 1.50 bits per heavy atom. The summed E-state index contributed by atoms with van der Waals surface area (Å²) in [5, 5.41) is -1.04. The summed E-state index contributed by atoms with van der Waals surface area (Å²) in [5.74, 6) is -0.509. The van der Waals surface area contributed by atoms with Gasteiger partial charge in [0.2, 0.25) is 0 Å². The van der Waals surface area contributed by atoms with Gasteiger partial charge in [0.05, 0.1) is 0 Å². The summed E-state index contributed by atoms with van der Waals surface area (Å²) in [7, 11) is 0. The Kier molecular flexibility index (Phi) is 4.06. The topological polar surface area (TPSA) is 52.3 Å². The highest BCUT2D eigenvalue weighted by Gasteiger charge is 2.20. The average molecular weight is 250 g/mol. The maximum absolute atomic E-state index is 12.1. The van der Waals surface area contributed by atoms with Crippen molar-refractivity contribution in [2.24, 2.45) is 0 Å². The summed E-state index contributed by atoms with van der Waals surface area (Å²) < 4.78 is 28.4. The van der Waals surface area contributed by atoms with E-state index in [1.807, 2.05) is 0 Å². The van der Waals surface area contributed by atoms with Gasteiger partial charge in [-0.2, -0.15) is 8.78 Å². The summed E-state index contributed by atoms with van der Waals surface area (Å²) in [4.78, 5) is 11.1. The first-order chi connectivity index (χ1) is 7.41.